The summed E-state index contributed by atoms with van der Waals surface area (Å²) in [6.07, 6.45) is 0. The average Bonchev–Trinajstić information content (AvgIpc) is 2.99. The fraction of sp³-hybridized carbons (Fsp3) is 0.0435. The molecule has 3 aromatic rings. The summed E-state index contributed by atoms with van der Waals surface area (Å²) in [6, 6.07) is 22.6. The van der Waals surface area contributed by atoms with Crippen molar-refractivity contribution in [3.05, 3.63) is 106 Å². The number of anilines is 1. The second-order valence-electron chi connectivity index (χ2n) is 6.39. The molecule has 0 unspecified atom stereocenters. The first kappa shape index (κ1) is 19.4. The SMILES string of the molecule is O=C1C(SCc2ccccc2)=C(c2ccccc2)C(=O)N1c1ccc(F)c(Cl)c1. The van der Waals surface area contributed by atoms with Crippen LogP contribution in [0.15, 0.2) is 83.8 Å². The molecule has 6 heteroatoms. The molecule has 144 valence electrons. The van der Waals surface area contributed by atoms with Gasteiger partial charge in [0.05, 0.1) is 21.2 Å². The average molecular weight is 424 g/mol. The fourth-order valence-electron chi connectivity index (χ4n) is 3.09. The predicted molar refractivity (Wildman–Crippen MR) is 115 cm³/mol. The van der Waals surface area contributed by atoms with E-state index in [2.05, 4.69) is 0 Å². The molecule has 0 atom stereocenters. The lowest BCUT2D eigenvalue weighted by molar-refractivity contribution is -0.119. The van der Waals surface area contributed by atoms with E-state index >= 15 is 0 Å². The number of benzene rings is 3. The standard InChI is InChI=1S/C23H15ClFNO2S/c24-18-13-17(11-12-19(18)25)26-22(27)20(16-9-5-2-6-10-16)21(23(26)28)29-14-15-7-3-1-4-8-15/h1-13H,14H2. The first-order chi connectivity index (χ1) is 14.1. The lowest BCUT2D eigenvalue weighted by Crippen LogP contribution is -2.31. The van der Waals surface area contributed by atoms with Crippen molar-refractivity contribution in [1.82, 2.24) is 0 Å². The van der Waals surface area contributed by atoms with E-state index in [1.165, 1.54) is 23.9 Å². The molecule has 3 nitrogen and oxygen atoms in total. The Hall–Kier alpha value is -2.89. The van der Waals surface area contributed by atoms with Crippen LogP contribution in [-0.2, 0) is 15.3 Å². The summed E-state index contributed by atoms with van der Waals surface area (Å²) < 4.78 is 13.6. The smallest absolute Gasteiger partial charge is 0.268 e. The number of carbonyl (C=O) groups is 2. The molecule has 29 heavy (non-hydrogen) atoms. The van der Waals surface area contributed by atoms with Gasteiger partial charge in [-0.2, -0.15) is 0 Å². The predicted octanol–water partition coefficient (Wildman–Crippen LogP) is 5.70. The highest BCUT2D eigenvalue weighted by Crippen LogP contribution is 2.40. The molecular weight excluding hydrogens is 409 g/mol. The van der Waals surface area contributed by atoms with Gasteiger partial charge in [-0.1, -0.05) is 72.3 Å². The van der Waals surface area contributed by atoms with Gasteiger partial charge in [-0.15, -0.1) is 11.8 Å². The van der Waals surface area contributed by atoms with Crippen molar-refractivity contribution >= 4 is 46.4 Å². The third kappa shape index (κ3) is 3.84. The zero-order valence-corrected chi connectivity index (χ0v) is 16.7. The third-order valence-electron chi connectivity index (χ3n) is 4.49. The molecule has 0 aliphatic carbocycles. The Morgan fingerprint density at radius 2 is 1.52 bits per heavy atom. The van der Waals surface area contributed by atoms with Crippen LogP contribution in [0.3, 0.4) is 0 Å². The number of rotatable bonds is 5. The molecule has 2 amide bonds. The van der Waals surface area contributed by atoms with Gasteiger partial charge in [0.1, 0.15) is 5.82 Å². The van der Waals surface area contributed by atoms with Gasteiger partial charge in [0.25, 0.3) is 11.8 Å². The van der Waals surface area contributed by atoms with Crippen LogP contribution in [0.25, 0.3) is 5.57 Å². The zero-order valence-electron chi connectivity index (χ0n) is 15.1. The number of halogens is 2. The summed E-state index contributed by atoms with van der Waals surface area (Å²) in [7, 11) is 0. The van der Waals surface area contributed by atoms with Crippen molar-refractivity contribution in [2.45, 2.75) is 5.75 Å². The maximum absolute atomic E-state index is 13.6. The highest BCUT2D eigenvalue weighted by atomic mass is 35.5. The van der Waals surface area contributed by atoms with E-state index in [1.807, 2.05) is 48.5 Å². The van der Waals surface area contributed by atoms with Crippen LogP contribution < -0.4 is 4.90 Å². The van der Waals surface area contributed by atoms with Crippen molar-refractivity contribution in [3.8, 4) is 0 Å². The Balaban J connectivity index is 1.74. The van der Waals surface area contributed by atoms with Crippen LogP contribution in [-0.4, -0.2) is 11.8 Å². The molecular formula is C23H15ClFNO2S. The van der Waals surface area contributed by atoms with E-state index in [9.17, 15) is 14.0 Å². The van der Waals surface area contributed by atoms with Gasteiger partial charge >= 0.3 is 0 Å². The molecule has 1 heterocycles. The third-order valence-corrected chi connectivity index (χ3v) is 5.93. The van der Waals surface area contributed by atoms with Crippen molar-refractivity contribution in [1.29, 1.82) is 0 Å². The van der Waals surface area contributed by atoms with E-state index in [-0.39, 0.29) is 10.7 Å². The molecule has 1 aliphatic heterocycles. The quantitative estimate of drug-likeness (QED) is 0.494. The van der Waals surface area contributed by atoms with Crippen molar-refractivity contribution in [2.24, 2.45) is 0 Å². The summed E-state index contributed by atoms with van der Waals surface area (Å²) >= 11 is 7.19. The summed E-state index contributed by atoms with van der Waals surface area (Å²) in [5, 5.41) is -0.144. The summed E-state index contributed by atoms with van der Waals surface area (Å²) in [5.41, 5.74) is 2.30. The molecule has 3 aromatic carbocycles. The van der Waals surface area contributed by atoms with E-state index in [0.717, 1.165) is 16.5 Å². The Morgan fingerprint density at radius 3 is 2.17 bits per heavy atom. The molecule has 0 fully saturated rings. The van der Waals surface area contributed by atoms with Gasteiger partial charge < -0.3 is 0 Å². The monoisotopic (exact) mass is 423 g/mol. The van der Waals surface area contributed by atoms with Crippen LogP contribution in [0, 0.1) is 5.82 Å². The second kappa shape index (κ2) is 8.23. The Morgan fingerprint density at radius 1 is 0.862 bits per heavy atom. The molecule has 1 aliphatic rings. The van der Waals surface area contributed by atoms with E-state index in [1.54, 1.807) is 12.1 Å². The molecule has 0 saturated carbocycles. The van der Waals surface area contributed by atoms with Gasteiger partial charge in [0, 0.05) is 5.75 Å². The first-order valence-electron chi connectivity index (χ1n) is 8.86. The number of hydrogen-bond donors (Lipinski definition) is 0. The van der Waals surface area contributed by atoms with Gasteiger partial charge in [-0.05, 0) is 29.3 Å². The number of amides is 2. The lowest BCUT2D eigenvalue weighted by Gasteiger charge is -2.15. The normalized spacial score (nSPS) is 14.1. The Bertz CT molecular complexity index is 1120. The minimum absolute atomic E-state index is 0.144. The number of nitrogens with zero attached hydrogens (tertiary/aromatic N) is 1. The van der Waals surface area contributed by atoms with Crippen molar-refractivity contribution < 1.29 is 14.0 Å². The minimum Gasteiger partial charge on any atom is -0.268 e. The Labute approximate surface area is 176 Å². The van der Waals surface area contributed by atoms with Crippen LogP contribution in [0.4, 0.5) is 10.1 Å². The topological polar surface area (TPSA) is 37.4 Å². The molecule has 0 aromatic heterocycles. The van der Waals surface area contributed by atoms with E-state index in [4.69, 9.17) is 11.6 Å². The van der Waals surface area contributed by atoms with Gasteiger partial charge in [-0.25, -0.2) is 9.29 Å². The summed E-state index contributed by atoms with van der Waals surface area (Å²) in [4.78, 5) is 27.9. The highest BCUT2D eigenvalue weighted by Gasteiger charge is 2.40. The molecule has 0 spiro atoms. The van der Waals surface area contributed by atoms with E-state index < -0.39 is 17.6 Å². The second-order valence-corrected chi connectivity index (χ2v) is 7.78. The van der Waals surface area contributed by atoms with Gasteiger partial charge in [0.15, 0.2) is 0 Å². The van der Waals surface area contributed by atoms with Crippen LogP contribution in [0.5, 0.6) is 0 Å². The molecule has 0 saturated heterocycles. The van der Waals surface area contributed by atoms with Crippen LogP contribution >= 0.6 is 23.4 Å². The number of carbonyl (C=O) groups excluding carboxylic acids is 2. The summed E-state index contributed by atoms with van der Waals surface area (Å²) in [5.74, 6) is -0.940. The van der Waals surface area contributed by atoms with Gasteiger partial charge in [-0.3, -0.25) is 9.59 Å². The fourth-order valence-corrected chi connectivity index (χ4v) is 4.33. The van der Waals surface area contributed by atoms with Crippen LogP contribution in [0.1, 0.15) is 11.1 Å². The molecule has 0 bridgehead atoms. The summed E-state index contributed by atoms with van der Waals surface area (Å²) in [6.45, 7) is 0. The maximum Gasteiger partial charge on any atom is 0.272 e. The number of thioether (sulfide) groups is 1. The first-order valence-corrected chi connectivity index (χ1v) is 10.2. The zero-order chi connectivity index (χ0) is 20.4. The van der Waals surface area contributed by atoms with E-state index in [0.29, 0.717) is 21.8 Å². The molecule has 4 rings (SSSR count). The lowest BCUT2D eigenvalue weighted by atomic mass is 10.1. The number of hydrogen-bond acceptors (Lipinski definition) is 3. The minimum atomic E-state index is -0.607. The number of imide groups is 1. The van der Waals surface area contributed by atoms with Crippen molar-refractivity contribution in [2.75, 3.05) is 4.90 Å². The largest absolute Gasteiger partial charge is 0.272 e. The van der Waals surface area contributed by atoms with Crippen molar-refractivity contribution in [3.63, 3.8) is 0 Å². The maximum atomic E-state index is 13.6. The highest BCUT2D eigenvalue weighted by molar-refractivity contribution is 8.03. The molecule has 0 N–H and O–H groups in total. The Kier molecular flexibility index (Phi) is 5.51. The molecule has 0 radical (unpaired) electrons. The van der Waals surface area contributed by atoms with Crippen LogP contribution in [0.2, 0.25) is 5.02 Å². The van der Waals surface area contributed by atoms with Gasteiger partial charge in [0.2, 0.25) is 0 Å².